The predicted octanol–water partition coefficient (Wildman–Crippen LogP) is 4.05. The van der Waals surface area contributed by atoms with Crippen molar-refractivity contribution in [2.75, 3.05) is 16.4 Å². The van der Waals surface area contributed by atoms with Gasteiger partial charge >= 0.3 is 0 Å². The minimum absolute atomic E-state index is 0.168. The zero-order valence-electron chi connectivity index (χ0n) is 18.4. The first-order chi connectivity index (χ1) is 15.2. The van der Waals surface area contributed by atoms with Crippen molar-refractivity contribution in [2.45, 2.75) is 20.8 Å². The third kappa shape index (κ3) is 4.02. The summed E-state index contributed by atoms with van der Waals surface area (Å²) in [6.45, 7) is 5.29. The second-order valence-electron chi connectivity index (χ2n) is 7.79. The summed E-state index contributed by atoms with van der Waals surface area (Å²) in [5.41, 5.74) is 11.9. The smallest absolute Gasteiger partial charge is 0.255 e. The molecule has 0 radical (unpaired) electrons. The monoisotopic (exact) mass is 428 g/mol. The fourth-order valence-corrected chi connectivity index (χ4v) is 3.66. The molecule has 0 aliphatic rings. The molecule has 0 aliphatic carbocycles. The van der Waals surface area contributed by atoms with Crippen LogP contribution in [0.3, 0.4) is 0 Å². The summed E-state index contributed by atoms with van der Waals surface area (Å²) in [7, 11) is 1.86. The van der Waals surface area contributed by atoms with Crippen LogP contribution in [0, 0.1) is 13.8 Å². The van der Waals surface area contributed by atoms with E-state index >= 15 is 0 Å². The van der Waals surface area contributed by atoms with Crippen LogP contribution in [0.5, 0.6) is 0 Å². The summed E-state index contributed by atoms with van der Waals surface area (Å²) >= 11 is 0. The minimum atomic E-state index is -0.258. The van der Waals surface area contributed by atoms with Crippen molar-refractivity contribution in [1.29, 1.82) is 0 Å². The van der Waals surface area contributed by atoms with Crippen molar-refractivity contribution in [1.82, 2.24) is 14.8 Å². The van der Waals surface area contributed by atoms with Crippen molar-refractivity contribution in [3.63, 3.8) is 0 Å². The number of aryl methyl sites for hydroxylation is 3. The summed E-state index contributed by atoms with van der Waals surface area (Å²) in [6.07, 6.45) is 1.70. The molecule has 0 atom stereocenters. The normalized spacial score (nSPS) is 10.9. The average Bonchev–Trinajstić information content (AvgIpc) is 3.06. The third-order valence-corrected chi connectivity index (χ3v) is 5.31. The Morgan fingerprint density at radius 2 is 1.78 bits per heavy atom. The Labute approximate surface area is 185 Å². The van der Waals surface area contributed by atoms with Gasteiger partial charge in [0.05, 0.1) is 5.52 Å². The third-order valence-electron chi connectivity index (χ3n) is 5.31. The predicted molar refractivity (Wildman–Crippen MR) is 127 cm³/mol. The number of rotatable bonds is 4. The van der Waals surface area contributed by atoms with E-state index < -0.39 is 0 Å². The molecule has 0 unspecified atom stereocenters. The highest BCUT2D eigenvalue weighted by atomic mass is 16.2. The number of pyridine rings is 1. The first kappa shape index (κ1) is 21.0. The summed E-state index contributed by atoms with van der Waals surface area (Å²) < 4.78 is 1.78. The number of nitrogens with one attached hydrogen (secondary N) is 2. The maximum absolute atomic E-state index is 13.0. The quantitative estimate of drug-likeness (QED) is 0.454. The largest absolute Gasteiger partial charge is 0.384 e. The van der Waals surface area contributed by atoms with E-state index in [2.05, 4.69) is 20.7 Å². The number of hydrogen-bond donors (Lipinski definition) is 3. The maximum Gasteiger partial charge on any atom is 0.255 e. The molecule has 8 nitrogen and oxygen atoms in total. The fraction of sp³-hybridized carbons (Fsp3) is 0.167. The van der Waals surface area contributed by atoms with Crippen LogP contribution >= 0.6 is 0 Å². The van der Waals surface area contributed by atoms with E-state index in [4.69, 9.17) is 5.73 Å². The van der Waals surface area contributed by atoms with Crippen LogP contribution in [0.2, 0.25) is 0 Å². The Bertz CT molecular complexity index is 1370. The Kier molecular flexibility index (Phi) is 5.36. The van der Waals surface area contributed by atoms with Crippen LogP contribution in [0.15, 0.2) is 48.7 Å². The zero-order chi connectivity index (χ0) is 23.0. The van der Waals surface area contributed by atoms with Crippen molar-refractivity contribution in [3.05, 3.63) is 65.4 Å². The first-order valence-corrected chi connectivity index (χ1v) is 10.1. The van der Waals surface area contributed by atoms with Crippen molar-refractivity contribution in [2.24, 2.45) is 7.05 Å². The lowest BCUT2D eigenvalue weighted by Gasteiger charge is -2.11. The number of nitrogen functional groups attached to an aromatic ring is 1. The van der Waals surface area contributed by atoms with Gasteiger partial charge in [-0.1, -0.05) is 6.07 Å². The summed E-state index contributed by atoms with van der Waals surface area (Å²) in [5, 5.41) is 11.2. The minimum Gasteiger partial charge on any atom is -0.384 e. The Balaban J connectivity index is 1.70. The van der Waals surface area contributed by atoms with Crippen molar-refractivity contribution in [3.8, 4) is 11.3 Å². The van der Waals surface area contributed by atoms with E-state index in [1.807, 2.05) is 39.1 Å². The Hall–Kier alpha value is -4.20. The van der Waals surface area contributed by atoms with Gasteiger partial charge < -0.3 is 16.4 Å². The van der Waals surface area contributed by atoms with Crippen LogP contribution in [-0.4, -0.2) is 26.6 Å². The number of benzene rings is 2. The SMILES string of the molecule is CC(=O)Nc1cc(NC(=O)c2ccc3c(c2)c(-c2cnc(N)cc2C)nn3C)ccc1C. The molecule has 2 amide bonds. The second kappa shape index (κ2) is 8.14. The molecular formula is C24H24N6O2. The average molecular weight is 428 g/mol. The Morgan fingerprint density at radius 3 is 2.50 bits per heavy atom. The maximum atomic E-state index is 13.0. The molecule has 0 fully saturated rings. The molecular weight excluding hydrogens is 404 g/mol. The number of anilines is 3. The topological polar surface area (TPSA) is 115 Å². The number of carbonyl (C=O) groups excluding carboxylic acids is 2. The molecule has 0 saturated carbocycles. The molecule has 0 bridgehead atoms. The lowest BCUT2D eigenvalue weighted by molar-refractivity contribution is -0.114. The second-order valence-corrected chi connectivity index (χ2v) is 7.79. The van der Waals surface area contributed by atoms with Gasteiger partial charge in [0, 0.05) is 48.1 Å². The van der Waals surface area contributed by atoms with Gasteiger partial charge in [0.2, 0.25) is 5.91 Å². The van der Waals surface area contributed by atoms with Crippen molar-refractivity contribution >= 4 is 39.9 Å². The zero-order valence-corrected chi connectivity index (χ0v) is 18.4. The number of nitrogens with zero attached hydrogens (tertiary/aromatic N) is 3. The molecule has 162 valence electrons. The fourth-order valence-electron chi connectivity index (χ4n) is 3.66. The number of carbonyl (C=O) groups is 2. The number of nitrogens with two attached hydrogens (primary N) is 1. The van der Waals surface area contributed by atoms with Crippen LogP contribution in [-0.2, 0) is 11.8 Å². The van der Waals surface area contributed by atoms with Crippen LogP contribution < -0.4 is 16.4 Å². The molecule has 2 heterocycles. The molecule has 0 aliphatic heterocycles. The summed E-state index contributed by atoms with van der Waals surface area (Å²) in [6, 6.07) is 12.7. The highest BCUT2D eigenvalue weighted by Crippen LogP contribution is 2.31. The van der Waals surface area contributed by atoms with E-state index in [0.29, 0.717) is 22.8 Å². The van der Waals surface area contributed by atoms with Gasteiger partial charge in [-0.2, -0.15) is 5.10 Å². The van der Waals surface area contributed by atoms with Gasteiger partial charge in [0.25, 0.3) is 5.91 Å². The highest BCUT2D eigenvalue weighted by molar-refractivity contribution is 6.08. The standard InChI is InChI=1S/C24H24N6O2/c1-13-5-7-17(11-20(13)27-15(3)31)28-24(32)16-6-8-21-18(10-16)23(29-30(21)4)19-12-26-22(25)9-14(19)2/h5-12H,1-4H3,(H2,25,26)(H,27,31)(H,28,32). The molecule has 0 saturated heterocycles. The number of amides is 2. The van der Waals surface area contributed by atoms with E-state index in [0.717, 1.165) is 33.3 Å². The number of hydrogen-bond acceptors (Lipinski definition) is 5. The van der Waals surface area contributed by atoms with Crippen LogP contribution in [0.25, 0.3) is 22.2 Å². The van der Waals surface area contributed by atoms with Gasteiger partial charge in [-0.15, -0.1) is 0 Å². The lowest BCUT2D eigenvalue weighted by Crippen LogP contribution is -2.13. The van der Waals surface area contributed by atoms with Crippen molar-refractivity contribution < 1.29 is 9.59 Å². The molecule has 2 aromatic heterocycles. The van der Waals surface area contributed by atoms with Gasteiger partial charge in [-0.05, 0) is 61.4 Å². The number of fused-ring (bicyclic) bond motifs is 1. The molecule has 8 heteroatoms. The van der Waals surface area contributed by atoms with Gasteiger partial charge in [0.15, 0.2) is 0 Å². The summed E-state index contributed by atoms with van der Waals surface area (Å²) in [4.78, 5) is 28.6. The molecule has 32 heavy (non-hydrogen) atoms. The van der Waals surface area contributed by atoms with Gasteiger partial charge in [-0.3, -0.25) is 14.3 Å². The molecule has 4 aromatic rings. The first-order valence-electron chi connectivity index (χ1n) is 10.1. The van der Waals surface area contributed by atoms with Gasteiger partial charge in [0.1, 0.15) is 11.5 Å². The number of aromatic nitrogens is 3. The van der Waals surface area contributed by atoms with E-state index in [9.17, 15) is 9.59 Å². The molecule has 0 spiro atoms. The molecule has 2 aromatic carbocycles. The molecule has 4 N–H and O–H groups in total. The highest BCUT2D eigenvalue weighted by Gasteiger charge is 2.16. The van der Waals surface area contributed by atoms with Crippen LogP contribution in [0.1, 0.15) is 28.4 Å². The van der Waals surface area contributed by atoms with E-state index in [1.165, 1.54) is 6.92 Å². The Morgan fingerprint density at radius 1 is 1.00 bits per heavy atom. The molecule has 4 rings (SSSR count). The van der Waals surface area contributed by atoms with Crippen LogP contribution in [0.4, 0.5) is 17.2 Å². The lowest BCUT2D eigenvalue weighted by atomic mass is 10.0. The van der Waals surface area contributed by atoms with Gasteiger partial charge in [-0.25, -0.2) is 4.98 Å². The summed E-state index contributed by atoms with van der Waals surface area (Å²) in [5.74, 6) is 0.0216. The van der Waals surface area contributed by atoms with E-state index in [1.54, 1.807) is 35.1 Å². The van der Waals surface area contributed by atoms with E-state index in [-0.39, 0.29) is 11.8 Å².